The Kier molecular flexibility index (Phi) is 5.69. The first-order valence-corrected chi connectivity index (χ1v) is 11.2. The van der Waals surface area contributed by atoms with Crippen LogP contribution in [0.25, 0.3) is 0 Å². The molecule has 0 unspecified atom stereocenters. The number of pyridine rings is 1. The zero-order chi connectivity index (χ0) is 19.8. The van der Waals surface area contributed by atoms with E-state index in [-0.39, 0.29) is 22.9 Å². The topological polar surface area (TPSA) is 103 Å². The second-order valence-corrected chi connectivity index (χ2v) is 9.89. The Labute approximate surface area is 172 Å². The van der Waals surface area contributed by atoms with Crippen LogP contribution in [0.2, 0.25) is 0 Å². The van der Waals surface area contributed by atoms with E-state index in [2.05, 4.69) is 10.3 Å². The van der Waals surface area contributed by atoms with E-state index >= 15 is 0 Å². The minimum absolute atomic E-state index is 0.117. The van der Waals surface area contributed by atoms with Crippen LogP contribution in [0, 0.1) is 5.92 Å². The number of nitrogens with zero attached hydrogens (tertiary/aromatic N) is 2. The highest BCUT2D eigenvalue weighted by atomic mass is 32.2. The number of carboxylic acids is 1. The van der Waals surface area contributed by atoms with E-state index in [1.165, 1.54) is 9.80 Å². The van der Waals surface area contributed by atoms with Gasteiger partial charge < -0.3 is 20.4 Å². The van der Waals surface area contributed by atoms with Gasteiger partial charge in [-0.3, -0.25) is 9.78 Å². The molecule has 0 aromatic carbocycles. The number of hydrogen-bond donors (Lipinski definition) is 3. The van der Waals surface area contributed by atoms with Crippen molar-refractivity contribution >= 4 is 35.4 Å². The number of hydrogen-bond acceptors (Lipinski definition) is 7. The summed E-state index contributed by atoms with van der Waals surface area (Å²) < 4.78 is 0. The summed E-state index contributed by atoms with van der Waals surface area (Å²) in [7, 11) is 0. The molecule has 2 fully saturated rings. The maximum Gasteiger partial charge on any atom is 0.353 e. The van der Waals surface area contributed by atoms with Gasteiger partial charge in [-0.15, -0.1) is 23.5 Å². The first-order valence-electron chi connectivity index (χ1n) is 9.36. The molecule has 3 aliphatic rings. The number of aromatic nitrogens is 1. The van der Waals surface area contributed by atoms with Crippen LogP contribution in [0.5, 0.6) is 0 Å². The van der Waals surface area contributed by atoms with Crippen molar-refractivity contribution in [2.75, 3.05) is 12.3 Å². The number of carbonyl (C=O) groups is 2. The van der Waals surface area contributed by atoms with Crippen molar-refractivity contribution in [1.82, 2.24) is 15.2 Å². The van der Waals surface area contributed by atoms with Crippen LogP contribution < -0.4 is 5.32 Å². The number of β-lactam (4-membered cyclic amide) rings is 1. The van der Waals surface area contributed by atoms with Crippen LogP contribution in [0.1, 0.15) is 19.8 Å². The molecule has 0 aliphatic carbocycles. The van der Waals surface area contributed by atoms with Gasteiger partial charge in [0, 0.05) is 52.2 Å². The molecule has 28 heavy (non-hydrogen) atoms. The van der Waals surface area contributed by atoms with Crippen molar-refractivity contribution in [3.05, 3.63) is 35.1 Å². The summed E-state index contributed by atoms with van der Waals surface area (Å²) in [6.07, 6.45) is 4.30. The minimum Gasteiger partial charge on any atom is -0.477 e. The van der Waals surface area contributed by atoms with Gasteiger partial charge in [0.2, 0.25) is 5.91 Å². The lowest BCUT2D eigenvalue weighted by Crippen LogP contribution is -2.61. The summed E-state index contributed by atoms with van der Waals surface area (Å²) in [5.41, 5.74) is 0.117. The summed E-state index contributed by atoms with van der Waals surface area (Å²) in [4.78, 5) is 31.4. The Morgan fingerprint density at radius 2 is 2.18 bits per heavy atom. The normalized spacial score (nSPS) is 30.4. The Balaban J connectivity index is 1.36. The van der Waals surface area contributed by atoms with E-state index < -0.39 is 18.0 Å². The van der Waals surface area contributed by atoms with Crippen molar-refractivity contribution in [2.45, 2.75) is 48.1 Å². The molecule has 4 heterocycles. The fourth-order valence-electron chi connectivity index (χ4n) is 4.17. The molecule has 150 valence electrons. The second-order valence-electron chi connectivity index (χ2n) is 7.40. The number of fused-ring (bicyclic) bond motifs is 1. The van der Waals surface area contributed by atoms with Gasteiger partial charge >= 0.3 is 5.97 Å². The molecule has 7 nitrogen and oxygen atoms in total. The Bertz CT molecular complexity index is 802. The smallest absolute Gasteiger partial charge is 0.353 e. The van der Waals surface area contributed by atoms with Gasteiger partial charge in [0.05, 0.1) is 18.1 Å². The number of aliphatic carboxylic acids is 1. The molecule has 1 aromatic heterocycles. The number of rotatable bonds is 7. The molecule has 0 radical (unpaired) electrons. The molecule has 0 bridgehead atoms. The predicted molar refractivity (Wildman–Crippen MR) is 108 cm³/mol. The average Bonchev–Trinajstić information content (AvgIpc) is 3.23. The summed E-state index contributed by atoms with van der Waals surface area (Å²) in [6, 6.07) is 4.14. The highest BCUT2D eigenvalue weighted by Crippen LogP contribution is 2.48. The third-order valence-electron chi connectivity index (χ3n) is 5.48. The van der Waals surface area contributed by atoms with E-state index in [1.807, 2.05) is 12.1 Å². The minimum atomic E-state index is -1.06. The first kappa shape index (κ1) is 19.8. The third-order valence-corrected chi connectivity index (χ3v) is 7.99. The number of nitrogens with one attached hydrogen (secondary N) is 1. The predicted octanol–water partition coefficient (Wildman–Crippen LogP) is 1.55. The van der Waals surface area contributed by atoms with Crippen LogP contribution in [0.3, 0.4) is 0 Å². The first-order chi connectivity index (χ1) is 13.5. The molecule has 5 atom stereocenters. The summed E-state index contributed by atoms with van der Waals surface area (Å²) in [6.45, 7) is 2.42. The van der Waals surface area contributed by atoms with Crippen LogP contribution >= 0.6 is 23.5 Å². The van der Waals surface area contributed by atoms with Gasteiger partial charge in [0.15, 0.2) is 0 Å². The molecular weight excluding hydrogens is 398 g/mol. The van der Waals surface area contributed by atoms with E-state index in [9.17, 15) is 19.8 Å². The lowest BCUT2D eigenvalue weighted by molar-refractivity contribution is -0.161. The van der Waals surface area contributed by atoms with Gasteiger partial charge in [-0.05, 0) is 25.5 Å². The highest BCUT2D eigenvalue weighted by Gasteiger charge is 2.57. The molecule has 1 aromatic rings. The summed E-state index contributed by atoms with van der Waals surface area (Å²) >= 11 is 3.37. The maximum absolute atomic E-state index is 12.3. The quantitative estimate of drug-likeness (QED) is 0.450. The SMILES string of the molecule is C[C@@H](O)[C@H]1C(=O)N2C(C(=O)O)=C(S[C@@H]3CN[C@H](CSc4ccncc4)C3)C[C@@H]12. The number of aliphatic hydroxyl groups is 1. The average molecular weight is 422 g/mol. The van der Waals surface area contributed by atoms with E-state index in [1.54, 1.807) is 42.8 Å². The molecule has 4 rings (SSSR count). The Morgan fingerprint density at radius 1 is 1.43 bits per heavy atom. The molecule has 3 aliphatic heterocycles. The maximum atomic E-state index is 12.3. The van der Waals surface area contributed by atoms with Crippen LogP contribution in [0.15, 0.2) is 40.0 Å². The van der Waals surface area contributed by atoms with Crippen LogP contribution in [0.4, 0.5) is 0 Å². The summed E-state index contributed by atoms with van der Waals surface area (Å²) in [5, 5.41) is 23.3. The second kappa shape index (κ2) is 8.06. The van der Waals surface area contributed by atoms with Crippen LogP contribution in [-0.2, 0) is 9.59 Å². The van der Waals surface area contributed by atoms with Gasteiger partial charge in [-0.2, -0.15) is 0 Å². The third kappa shape index (κ3) is 3.68. The van der Waals surface area contributed by atoms with E-state index in [0.717, 1.165) is 23.6 Å². The molecule has 0 saturated carbocycles. The monoisotopic (exact) mass is 421 g/mol. The zero-order valence-electron chi connectivity index (χ0n) is 15.4. The lowest BCUT2D eigenvalue weighted by Gasteiger charge is -2.44. The molecule has 2 saturated heterocycles. The van der Waals surface area contributed by atoms with Crippen molar-refractivity contribution < 1.29 is 19.8 Å². The number of carbonyl (C=O) groups excluding carboxylic acids is 1. The van der Waals surface area contributed by atoms with Crippen molar-refractivity contribution in [2.24, 2.45) is 5.92 Å². The number of amides is 1. The van der Waals surface area contributed by atoms with Crippen molar-refractivity contribution in [1.29, 1.82) is 0 Å². The fourth-order valence-corrected chi connectivity index (χ4v) is 6.60. The molecule has 9 heteroatoms. The van der Waals surface area contributed by atoms with Gasteiger partial charge in [-0.1, -0.05) is 0 Å². The molecule has 0 spiro atoms. The van der Waals surface area contributed by atoms with Crippen LogP contribution in [-0.4, -0.2) is 67.7 Å². The van der Waals surface area contributed by atoms with Crippen molar-refractivity contribution in [3.8, 4) is 0 Å². The Morgan fingerprint density at radius 3 is 2.86 bits per heavy atom. The number of aliphatic hydroxyl groups excluding tert-OH is 1. The van der Waals surface area contributed by atoms with Gasteiger partial charge in [-0.25, -0.2) is 4.79 Å². The van der Waals surface area contributed by atoms with E-state index in [4.69, 9.17) is 0 Å². The highest BCUT2D eigenvalue weighted by molar-refractivity contribution is 8.03. The zero-order valence-corrected chi connectivity index (χ0v) is 17.1. The molecule has 3 N–H and O–H groups in total. The van der Waals surface area contributed by atoms with Crippen molar-refractivity contribution in [3.63, 3.8) is 0 Å². The number of carboxylic acid groups (broad SMARTS) is 1. The summed E-state index contributed by atoms with van der Waals surface area (Å²) in [5.74, 6) is -0.871. The lowest BCUT2D eigenvalue weighted by atomic mass is 9.83. The van der Waals surface area contributed by atoms with E-state index in [0.29, 0.717) is 12.5 Å². The molecular formula is C19H23N3O4S2. The number of thioether (sulfide) groups is 2. The van der Waals surface area contributed by atoms with Gasteiger partial charge in [0.1, 0.15) is 5.70 Å². The van der Waals surface area contributed by atoms with Gasteiger partial charge in [0.25, 0.3) is 0 Å². The fraction of sp³-hybridized carbons (Fsp3) is 0.526. The molecule has 1 amide bonds. The largest absolute Gasteiger partial charge is 0.477 e. The standard InChI is InChI=1S/C19H23N3O4S2/c1-10(23)16-14-7-15(17(19(25)26)22(14)18(16)24)28-13-6-11(21-8-13)9-27-12-2-4-20-5-3-12/h2-5,10-11,13-14,16,21,23H,6-9H2,1H3,(H,25,26)/t10-,11+,13+,14+,16-/m1/s1. The Hall–Kier alpha value is -1.55.